The molecule has 7 heteroatoms. The molecule has 0 aliphatic rings. The number of aryl methyl sites for hydroxylation is 4. The average molecular weight is 451 g/mol. The molecule has 3 rings (SSSR count). The van der Waals surface area contributed by atoms with Crippen molar-refractivity contribution in [2.45, 2.75) is 54.1 Å². The van der Waals surface area contributed by atoms with Crippen molar-refractivity contribution in [1.82, 2.24) is 9.88 Å². The van der Waals surface area contributed by atoms with Crippen LogP contribution in [-0.4, -0.2) is 27.9 Å². The lowest BCUT2D eigenvalue weighted by Gasteiger charge is -2.27. The van der Waals surface area contributed by atoms with Crippen LogP contribution in [0.25, 0.3) is 0 Å². The van der Waals surface area contributed by atoms with Crippen LogP contribution in [0.3, 0.4) is 0 Å². The largest absolute Gasteiger partial charge is 0.322 e. The highest BCUT2D eigenvalue weighted by Crippen LogP contribution is 2.22. The Morgan fingerprint density at radius 2 is 1.66 bits per heavy atom. The van der Waals surface area contributed by atoms with Crippen molar-refractivity contribution in [2.24, 2.45) is 0 Å². The van der Waals surface area contributed by atoms with Gasteiger partial charge >= 0.3 is 6.03 Å². The van der Waals surface area contributed by atoms with Gasteiger partial charge in [0.25, 0.3) is 5.91 Å². The predicted octanol–water partition coefficient (Wildman–Crippen LogP) is 6.07. The van der Waals surface area contributed by atoms with Crippen LogP contribution >= 0.6 is 11.3 Å². The van der Waals surface area contributed by atoms with Crippen LogP contribution in [0.4, 0.5) is 16.2 Å². The van der Waals surface area contributed by atoms with E-state index in [9.17, 15) is 9.59 Å². The number of para-hydroxylation sites is 1. The number of amides is 3. The third-order valence-corrected chi connectivity index (χ3v) is 6.29. The molecule has 0 atom stereocenters. The maximum Gasteiger partial charge on any atom is 0.322 e. The van der Waals surface area contributed by atoms with Gasteiger partial charge in [0.2, 0.25) is 0 Å². The fraction of sp³-hybridized carbons (Fsp3) is 0.320. The molecule has 0 fully saturated rings. The van der Waals surface area contributed by atoms with Gasteiger partial charge in [0.15, 0.2) is 0 Å². The Balaban J connectivity index is 1.70. The first-order valence-electron chi connectivity index (χ1n) is 10.6. The Kier molecular flexibility index (Phi) is 7.30. The van der Waals surface area contributed by atoms with Crippen LogP contribution in [0.1, 0.15) is 51.6 Å². The number of thiazole rings is 1. The van der Waals surface area contributed by atoms with Gasteiger partial charge in [-0.25, -0.2) is 9.78 Å². The average Bonchev–Trinajstić information content (AvgIpc) is 3.20. The number of nitrogens with zero attached hydrogens (tertiary/aromatic N) is 2. The molecule has 0 spiro atoms. The molecule has 32 heavy (non-hydrogen) atoms. The van der Waals surface area contributed by atoms with Gasteiger partial charge in [-0.15, -0.1) is 11.3 Å². The molecule has 168 valence electrons. The van der Waals surface area contributed by atoms with Gasteiger partial charge in [0.1, 0.15) is 10.7 Å². The Morgan fingerprint density at radius 1 is 0.969 bits per heavy atom. The van der Waals surface area contributed by atoms with Crippen molar-refractivity contribution < 1.29 is 9.59 Å². The van der Waals surface area contributed by atoms with Gasteiger partial charge in [0.05, 0.1) is 6.54 Å². The first kappa shape index (κ1) is 23.5. The number of anilines is 2. The van der Waals surface area contributed by atoms with Crippen LogP contribution in [0.2, 0.25) is 0 Å². The molecule has 0 radical (unpaired) electrons. The zero-order chi connectivity index (χ0) is 23.4. The zero-order valence-electron chi connectivity index (χ0n) is 19.4. The van der Waals surface area contributed by atoms with E-state index in [0.29, 0.717) is 17.2 Å². The summed E-state index contributed by atoms with van der Waals surface area (Å²) in [6.45, 7) is 12.3. The summed E-state index contributed by atoms with van der Waals surface area (Å²) >= 11 is 1.38. The molecule has 0 aliphatic heterocycles. The van der Waals surface area contributed by atoms with Gasteiger partial charge < -0.3 is 15.5 Å². The maximum atomic E-state index is 13.0. The summed E-state index contributed by atoms with van der Waals surface area (Å²) in [5, 5.41) is 8.37. The van der Waals surface area contributed by atoms with E-state index >= 15 is 0 Å². The quantitative estimate of drug-likeness (QED) is 0.478. The van der Waals surface area contributed by atoms with Crippen molar-refractivity contribution in [3.8, 4) is 0 Å². The van der Waals surface area contributed by atoms with E-state index in [1.807, 2.05) is 77.9 Å². The Morgan fingerprint density at radius 3 is 2.28 bits per heavy atom. The number of urea groups is 1. The fourth-order valence-corrected chi connectivity index (χ4v) is 4.10. The molecule has 2 N–H and O–H groups in total. The minimum absolute atomic E-state index is 0.0314. The summed E-state index contributed by atoms with van der Waals surface area (Å²) in [6.07, 6.45) is 0. The van der Waals surface area contributed by atoms with E-state index in [0.717, 1.165) is 28.1 Å². The molecule has 0 bridgehead atoms. The summed E-state index contributed by atoms with van der Waals surface area (Å²) in [7, 11) is 0. The number of aromatic nitrogens is 1. The SMILES string of the molecule is Cc1ccc(NC(=O)c2csc(CN(C(=O)Nc3c(C)cccc3C)C(C)C)n2)cc1C. The molecule has 1 aromatic heterocycles. The molecule has 3 amide bonds. The van der Waals surface area contributed by atoms with E-state index in [1.54, 1.807) is 10.3 Å². The number of nitrogens with one attached hydrogen (secondary N) is 2. The first-order valence-corrected chi connectivity index (χ1v) is 11.5. The van der Waals surface area contributed by atoms with Crippen LogP contribution in [0.15, 0.2) is 41.8 Å². The minimum atomic E-state index is -0.258. The van der Waals surface area contributed by atoms with Gasteiger partial charge in [-0.2, -0.15) is 0 Å². The Bertz CT molecular complexity index is 1120. The van der Waals surface area contributed by atoms with E-state index in [-0.39, 0.29) is 18.0 Å². The zero-order valence-corrected chi connectivity index (χ0v) is 20.3. The van der Waals surface area contributed by atoms with Gasteiger partial charge in [-0.05, 0) is 75.9 Å². The maximum absolute atomic E-state index is 13.0. The normalized spacial score (nSPS) is 10.8. The highest BCUT2D eigenvalue weighted by molar-refractivity contribution is 7.09. The van der Waals surface area contributed by atoms with Gasteiger partial charge in [-0.3, -0.25) is 4.79 Å². The molecule has 0 saturated heterocycles. The van der Waals surface area contributed by atoms with E-state index in [2.05, 4.69) is 15.6 Å². The van der Waals surface area contributed by atoms with Crippen molar-refractivity contribution in [1.29, 1.82) is 0 Å². The summed E-state index contributed by atoms with van der Waals surface area (Å²) < 4.78 is 0. The Labute approximate surface area is 193 Å². The lowest BCUT2D eigenvalue weighted by Crippen LogP contribution is -2.39. The van der Waals surface area contributed by atoms with Gasteiger partial charge in [0, 0.05) is 22.8 Å². The molecule has 0 saturated carbocycles. The third-order valence-electron chi connectivity index (χ3n) is 5.45. The van der Waals surface area contributed by atoms with E-state index < -0.39 is 0 Å². The highest BCUT2D eigenvalue weighted by Gasteiger charge is 2.21. The fourth-order valence-electron chi connectivity index (χ4n) is 3.33. The number of benzene rings is 2. The molecular weight excluding hydrogens is 420 g/mol. The minimum Gasteiger partial charge on any atom is -0.321 e. The number of rotatable bonds is 6. The molecular formula is C25H30N4O2S. The number of hydrogen-bond acceptors (Lipinski definition) is 4. The molecule has 6 nitrogen and oxygen atoms in total. The first-order chi connectivity index (χ1) is 15.2. The highest BCUT2D eigenvalue weighted by atomic mass is 32.1. The van der Waals surface area contributed by atoms with Crippen LogP contribution in [-0.2, 0) is 6.54 Å². The lowest BCUT2D eigenvalue weighted by atomic mass is 10.1. The third kappa shape index (κ3) is 5.53. The molecule has 0 aliphatic carbocycles. The summed E-state index contributed by atoms with van der Waals surface area (Å²) in [4.78, 5) is 31.8. The molecule has 0 unspecified atom stereocenters. The second kappa shape index (κ2) is 9.96. The van der Waals surface area contributed by atoms with Crippen molar-refractivity contribution >= 4 is 34.6 Å². The topological polar surface area (TPSA) is 74.3 Å². The van der Waals surface area contributed by atoms with Crippen LogP contribution in [0.5, 0.6) is 0 Å². The second-order valence-corrected chi connectivity index (χ2v) is 9.24. The summed E-state index contributed by atoms with van der Waals surface area (Å²) in [5.74, 6) is -0.258. The lowest BCUT2D eigenvalue weighted by molar-refractivity contribution is 0.102. The van der Waals surface area contributed by atoms with Crippen molar-refractivity contribution in [3.05, 3.63) is 74.7 Å². The smallest absolute Gasteiger partial charge is 0.321 e. The van der Waals surface area contributed by atoms with Crippen molar-refractivity contribution in [3.63, 3.8) is 0 Å². The van der Waals surface area contributed by atoms with Crippen molar-refractivity contribution in [2.75, 3.05) is 10.6 Å². The van der Waals surface area contributed by atoms with Crippen LogP contribution < -0.4 is 10.6 Å². The van der Waals surface area contributed by atoms with E-state index in [1.165, 1.54) is 16.9 Å². The van der Waals surface area contributed by atoms with Crippen LogP contribution in [0, 0.1) is 27.7 Å². The number of hydrogen-bond donors (Lipinski definition) is 2. The summed E-state index contributed by atoms with van der Waals surface area (Å²) in [5.41, 5.74) is 6.24. The molecule has 3 aromatic rings. The van der Waals surface area contributed by atoms with Gasteiger partial charge in [-0.1, -0.05) is 24.3 Å². The molecule has 2 aromatic carbocycles. The summed E-state index contributed by atoms with van der Waals surface area (Å²) in [6, 6.07) is 11.5. The number of carbonyl (C=O) groups is 2. The van der Waals surface area contributed by atoms with E-state index in [4.69, 9.17) is 0 Å². The number of carbonyl (C=O) groups excluding carboxylic acids is 2. The molecule has 1 heterocycles. The Hall–Kier alpha value is -3.19. The standard InChI is InChI=1S/C25H30N4O2S/c1-15(2)29(25(31)28-23-17(4)8-7-9-18(23)5)13-22-27-21(14-32-22)24(30)26-20-11-10-16(3)19(6)12-20/h7-12,14-15H,13H2,1-6H3,(H,26,30)(H,28,31). The monoisotopic (exact) mass is 450 g/mol. The predicted molar refractivity (Wildman–Crippen MR) is 132 cm³/mol. The second-order valence-electron chi connectivity index (χ2n) is 8.30.